The predicted octanol–water partition coefficient (Wildman–Crippen LogP) is 2.78. The molecule has 0 aromatic heterocycles. The van der Waals surface area contributed by atoms with Crippen molar-refractivity contribution >= 4 is 17.6 Å². The smallest absolute Gasteiger partial charge is 0.265 e. The molecule has 1 heterocycles. The zero-order valence-electron chi connectivity index (χ0n) is 17.7. The number of hydrogen-bond donors (Lipinski definition) is 1. The molecule has 0 atom stereocenters. The monoisotopic (exact) mass is 410 g/mol. The average molecular weight is 411 g/mol. The fourth-order valence-electron chi connectivity index (χ4n) is 3.21. The first-order chi connectivity index (χ1) is 14.7. The van der Waals surface area contributed by atoms with Crippen LogP contribution in [0.25, 0.3) is 0 Å². The van der Waals surface area contributed by atoms with E-state index in [1.165, 1.54) is 0 Å². The first-order valence-electron chi connectivity index (χ1n) is 10.4. The molecule has 3 rings (SSSR count). The molecule has 0 saturated heterocycles. The Kier molecular flexibility index (Phi) is 7.94. The Morgan fingerprint density at radius 1 is 1.20 bits per heavy atom. The third-order valence-electron chi connectivity index (χ3n) is 4.74. The Balaban J connectivity index is 1.49. The van der Waals surface area contributed by atoms with Crippen molar-refractivity contribution in [3.63, 3.8) is 0 Å². The van der Waals surface area contributed by atoms with Crippen molar-refractivity contribution in [3.8, 4) is 11.5 Å². The molecule has 7 nitrogen and oxygen atoms in total. The van der Waals surface area contributed by atoms with Gasteiger partial charge in [-0.3, -0.25) is 9.79 Å². The van der Waals surface area contributed by atoms with Crippen molar-refractivity contribution in [3.05, 3.63) is 54.6 Å². The van der Waals surface area contributed by atoms with E-state index in [-0.39, 0.29) is 12.5 Å². The lowest BCUT2D eigenvalue weighted by molar-refractivity contribution is -0.121. The van der Waals surface area contributed by atoms with Crippen LogP contribution >= 0.6 is 0 Å². The van der Waals surface area contributed by atoms with E-state index >= 15 is 0 Å². The number of ether oxygens (including phenoxy) is 2. The molecule has 0 unspecified atom stereocenters. The van der Waals surface area contributed by atoms with Gasteiger partial charge in [-0.15, -0.1) is 0 Å². The topological polar surface area (TPSA) is 66.4 Å². The number of rotatable bonds is 9. The first kappa shape index (κ1) is 21.5. The van der Waals surface area contributed by atoms with E-state index in [0.717, 1.165) is 42.7 Å². The molecule has 0 bridgehead atoms. The second-order valence-electron chi connectivity index (χ2n) is 6.97. The van der Waals surface area contributed by atoms with Gasteiger partial charge in [0.05, 0.1) is 12.2 Å². The molecule has 30 heavy (non-hydrogen) atoms. The van der Waals surface area contributed by atoms with E-state index in [0.29, 0.717) is 19.7 Å². The molecule has 0 radical (unpaired) electrons. The van der Waals surface area contributed by atoms with Crippen LogP contribution in [-0.2, 0) is 4.79 Å². The van der Waals surface area contributed by atoms with E-state index in [9.17, 15) is 4.79 Å². The molecule has 2 aromatic carbocycles. The molecule has 160 valence electrons. The second kappa shape index (κ2) is 11.1. The van der Waals surface area contributed by atoms with E-state index in [4.69, 9.17) is 14.5 Å². The fourth-order valence-corrected chi connectivity index (χ4v) is 3.21. The number of para-hydroxylation sites is 3. The van der Waals surface area contributed by atoms with Crippen LogP contribution in [-0.4, -0.2) is 63.2 Å². The number of amides is 1. The van der Waals surface area contributed by atoms with Crippen molar-refractivity contribution in [2.24, 2.45) is 4.99 Å². The highest BCUT2D eigenvalue weighted by atomic mass is 16.5. The fraction of sp³-hybridized carbons (Fsp3) is 0.391. The Labute approximate surface area is 178 Å². The molecule has 0 spiro atoms. The summed E-state index contributed by atoms with van der Waals surface area (Å²) < 4.78 is 11.3. The maximum Gasteiger partial charge on any atom is 0.265 e. The van der Waals surface area contributed by atoms with Crippen LogP contribution in [0.15, 0.2) is 59.6 Å². The van der Waals surface area contributed by atoms with Gasteiger partial charge in [0.25, 0.3) is 5.91 Å². The summed E-state index contributed by atoms with van der Waals surface area (Å²) in [6, 6.07) is 17.4. The van der Waals surface area contributed by atoms with Crippen LogP contribution in [0.2, 0.25) is 0 Å². The molecule has 1 N–H and O–H groups in total. The van der Waals surface area contributed by atoms with Gasteiger partial charge in [-0.25, -0.2) is 0 Å². The van der Waals surface area contributed by atoms with Gasteiger partial charge in [-0.2, -0.15) is 0 Å². The number of guanidine groups is 1. The summed E-state index contributed by atoms with van der Waals surface area (Å²) in [5.74, 6) is 2.44. The minimum atomic E-state index is -0.0141. The third-order valence-corrected chi connectivity index (χ3v) is 4.74. The summed E-state index contributed by atoms with van der Waals surface area (Å²) in [4.78, 5) is 20.8. The van der Waals surface area contributed by atoms with Crippen molar-refractivity contribution in [1.82, 2.24) is 10.2 Å². The maximum absolute atomic E-state index is 12.3. The number of carbonyl (C=O) groups is 1. The predicted molar refractivity (Wildman–Crippen MR) is 119 cm³/mol. The molecule has 1 aliphatic heterocycles. The molecule has 0 fully saturated rings. The van der Waals surface area contributed by atoms with Crippen molar-refractivity contribution in [2.45, 2.75) is 13.3 Å². The van der Waals surface area contributed by atoms with Gasteiger partial charge >= 0.3 is 0 Å². The lowest BCUT2D eigenvalue weighted by Crippen LogP contribution is -2.41. The molecule has 0 aliphatic carbocycles. The standard InChI is InChI=1S/C23H30N4O3/c1-3-24-23(26(2)16-17-29-19-10-5-4-6-11-19)25-14-9-15-27-20-12-7-8-13-21(20)30-18-22(27)28/h4-8,10-13H,3,9,14-18H2,1-2H3,(H,24,25). The molecular weight excluding hydrogens is 380 g/mol. The molecule has 1 amide bonds. The number of benzene rings is 2. The minimum Gasteiger partial charge on any atom is -0.492 e. The van der Waals surface area contributed by atoms with Gasteiger partial charge in [0.15, 0.2) is 12.6 Å². The SMILES string of the molecule is CCNC(=NCCCN1C(=O)COc2ccccc21)N(C)CCOc1ccccc1. The number of carbonyl (C=O) groups excluding carboxylic acids is 1. The Bertz CT molecular complexity index is 841. The highest BCUT2D eigenvalue weighted by Gasteiger charge is 2.24. The summed E-state index contributed by atoms with van der Waals surface area (Å²) in [7, 11) is 2.00. The Morgan fingerprint density at radius 2 is 1.97 bits per heavy atom. The largest absolute Gasteiger partial charge is 0.492 e. The lowest BCUT2D eigenvalue weighted by Gasteiger charge is -2.29. The van der Waals surface area contributed by atoms with Crippen molar-refractivity contribution in [2.75, 3.05) is 51.3 Å². The number of hydrogen-bond acceptors (Lipinski definition) is 4. The zero-order valence-corrected chi connectivity index (χ0v) is 17.7. The number of aliphatic imine (C=N–C) groups is 1. The Morgan fingerprint density at radius 3 is 2.77 bits per heavy atom. The van der Waals surface area contributed by atoms with Gasteiger partial charge in [0, 0.05) is 26.7 Å². The second-order valence-corrected chi connectivity index (χ2v) is 6.97. The quantitative estimate of drug-likeness (QED) is 0.391. The summed E-state index contributed by atoms with van der Waals surface area (Å²) in [5, 5.41) is 3.31. The van der Waals surface area contributed by atoms with Crippen LogP contribution in [0.1, 0.15) is 13.3 Å². The van der Waals surface area contributed by atoms with Crippen LogP contribution in [0, 0.1) is 0 Å². The summed E-state index contributed by atoms with van der Waals surface area (Å²) in [6.07, 6.45) is 0.767. The number of anilines is 1. The normalized spacial score (nSPS) is 13.5. The van der Waals surface area contributed by atoms with Gasteiger partial charge in [0.2, 0.25) is 0 Å². The summed E-state index contributed by atoms with van der Waals surface area (Å²) in [5.41, 5.74) is 0.833. The van der Waals surface area contributed by atoms with E-state index < -0.39 is 0 Å². The molecule has 7 heteroatoms. The molecule has 0 saturated carbocycles. The number of fused-ring (bicyclic) bond motifs is 1. The van der Waals surface area contributed by atoms with Crippen LogP contribution in [0.5, 0.6) is 11.5 Å². The highest BCUT2D eigenvalue weighted by molar-refractivity contribution is 5.97. The molecule has 1 aliphatic rings. The van der Waals surface area contributed by atoms with E-state index in [1.807, 2.05) is 68.6 Å². The van der Waals surface area contributed by atoms with Gasteiger partial charge in [-0.1, -0.05) is 30.3 Å². The number of nitrogens with one attached hydrogen (secondary N) is 1. The van der Waals surface area contributed by atoms with Crippen LogP contribution in [0.4, 0.5) is 5.69 Å². The molecular formula is C23H30N4O3. The van der Waals surface area contributed by atoms with E-state index in [1.54, 1.807) is 4.90 Å². The zero-order chi connectivity index (χ0) is 21.2. The third kappa shape index (κ3) is 5.89. The van der Waals surface area contributed by atoms with Gasteiger partial charge in [0.1, 0.15) is 18.1 Å². The number of nitrogens with zero attached hydrogens (tertiary/aromatic N) is 3. The number of likely N-dealkylation sites (N-methyl/N-ethyl adjacent to an activating group) is 1. The van der Waals surface area contributed by atoms with Crippen molar-refractivity contribution < 1.29 is 14.3 Å². The van der Waals surface area contributed by atoms with Crippen LogP contribution < -0.4 is 19.7 Å². The average Bonchev–Trinajstić information content (AvgIpc) is 2.77. The first-order valence-corrected chi connectivity index (χ1v) is 10.4. The van der Waals surface area contributed by atoms with Crippen LogP contribution in [0.3, 0.4) is 0 Å². The van der Waals surface area contributed by atoms with E-state index in [2.05, 4.69) is 10.2 Å². The Hall–Kier alpha value is -3.22. The van der Waals surface area contributed by atoms with Gasteiger partial charge in [-0.05, 0) is 37.6 Å². The summed E-state index contributed by atoms with van der Waals surface area (Å²) in [6.45, 7) is 5.46. The lowest BCUT2D eigenvalue weighted by atomic mass is 10.2. The molecule has 2 aromatic rings. The maximum atomic E-state index is 12.3. The van der Waals surface area contributed by atoms with Gasteiger partial charge < -0.3 is 24.6 Å². The highest BCUT2D eigenvalue weighted by Crippen LogP contribution is 2.31. The summed E-state index contributed by atoms with van der Waals surface area (Å²) >= 11 is 0. The minimum absolute atomic E-state index is 0.0141. The van der Waals surface area contributed by atoms with Crippen molar-refractivity contribution in [1.29, 1.82) is 0 Å².